The molecule has 3 N–H and O–H groups in total. The second kappa shape index (κ2) is 5.80. The Labute approximate surface area is 108 Å². The number of aliphatic hydroxyl groups excluding tert-OH is 1. The van der Waals surface area contributed by atoms with Crippen molar-refractivity contribution in [3.8, 4) is 11.1 Å². The highest BCUT2D eigenvalue weighted by atomic mass is 16.3. The van der Waals surface area contributed by atoms with Gasteiger partial charge in [-0.05, 0) is 48.2 Å². The first-order valence-corrected chi connectivity index (χ1v) is 6.28. The molecule has 0 spiro atoms. The number of benzene rings is 2. The highest BCUT2D eigenvalue weighted by molar-refractivity contribution is 5.65. The molecule has 0 aromatic heterocycles. The van der Waals surface area contributed by atoms with Crippen molar-refractivity contribution in [1.82, 2.24) is 0 Å². The van der Waals surface area contributed by atoms with E-state index in [4.69, 9.17) is 5.73 Å². The van der Waals surface area contributed by atoms with Gasteiger partial charge in [0.15, 0.2) is 0 Å². The first kappa shape index (κ1) is 12.8. The highest BCUT2D eigenvalue weighted by Gasteiger charge is 2.04. The fourth-order valence-corrected chi connectivity index (χ4v) is 2.05. The van der Waals surface area contributed by atoms with Crippen molar-refractivity contribution < 1.29 is 5.11 Å². The van der Waals surface area contributed by atoms with Crippen LogP contribution in [0.3, 0.4) is 0 Å². The van der Waals surface area contributed by atoms with Gasteiger partial charge in [-0.2, -0.15) is 0 Å². The molecule has 2 rings (SSSR count). The SMILES string of the molecule is C[C@H](O)c1cccc(-c2cccc(CCN)c2)c1. The zero-order valence-electron chi connectivity index (χ0n) is 10.6. The van der Waals surface area contributed by atoms with Crippen LogP contribution in [0.1, 0.15) is 24.2 Å². The molecule has 94 valence electrons. The van der Waals surface area contributed by atoms with Crippen molar-refractivity contribution in [1.29, 1.82) is 0 Å². The zero-order valence-corrected chi connectivity index (χ0v) is 10.6. The molecule has 0 amide bonds. The first-order valence-electron chi connectivity index (χ1n) is 6.28. The lowest BCUT2D eigenvalue weighted by molar-refractivity contribution is 0.199. The molecular weight excluding hydrogens is 222 g/mol. The van der Waals surface area contributed by atoms with Crippen molar-refractivity contribution in [2.45, 2.75) is 19.4 Å². The highest BCUT2D eigenvalue weighted by Crippen LogP contribution is 2.24. The van der Waals surface area contributed by atoms with E-state index in [-0.39, 0.29) is 0 Å². The summed E-state index contributed by atoms with van der Waals surface area (Å²) in [6.07, 6.45) is 0.460. The van der Waals surface area contributed by atoms with Gasteiger partial charge in [0.2, 0.25) is 0 Å². The van der Waals surface area contributed by atoms with E-state index in [0.717, 1.165) is 17.5 Å². The van der Waals surface area contributed by atoms with Gasteiger partial charge in [0, 0.05) is 0 Å². The Morgan fingerprint density at radius 2 is 1.72 bits per heavy atom. The molecule has 0 aliphatic rings. The Hall–Kier alpha value is -1.64. The summed E-state index contributed by atoms with van der Waals surface area (Å²) in [4.78, 5) is 0. The summed E-state index contributed by atoms with van der Waals surface area (Å²) in [5.74, 6) is 0. The zero-order chi connectivity index (χ0) is 13.0. The fraction of sp³-hybridized carbons (Fsp3) is 0.250. The van der Waals surface area contributed by atoms with E-state index in [0.29, 0.717) is 6.54 Å². The van der Waals surface area contributed by atoms with Gasteiger partial charge in [0.25, 0.3) is 0 Å². The monoisotopic (exact) mass is 241 g/mol. The third-order valence-corrected chi connectivity index (χ3v) is 3.06. The number of hydrogen-bond donors (Lipinski definition) is 2. The Balaban J connectivity index is 2.35. The molecule has 0 unspecified atom stereocenters. The number of hydrogen-bond acceptors (Lipinski definition) is 2. The fourth-order valence-electron chi connectivity index (χ4n) is 2.05. The Bertz CT molecular complexity index is 520. The van der Waals surface area contributed by atoms with Crippen LogP contribution in [0, 0.1) is 0 Å². The summed E-state index contributed by atoms with van der Waals surface area (Å²) in [7, 11) is 0. The molecule has 0 aliphatic heterocycles. The van der Waals surface area contributed by atoms with Crippen LogP contribution in [0.5, 0.6) is 0 Å². The second-order valence-corrected chi connectivity index (χ2v) is 4.54. The summed E-state index contributed by atoms with van der Waals surface area (Å²) in [5.41, 5.74) is 10.1. The number of rotatable bonds is 4. The van der Waals surface area contributed by atoms with Crippen LogP contribution in [-0.2, 0) is 6.42 Å². The maximum Gasteiger partial charge on any atom is 0.0762 e. The molecule has 0 fully saturated rings. The lowest BCUT2D eigenvalue weighted by atomic mass is 9.99. The summed E-state index contributed by atoms with van der Waals surface area (Å²) in [6, 6.07) is 16.4. The average Bonchev–Trinajstić information content (AvgIpc) is 2.39. The first-order chi connectivity index (χ1) is 8.70. The van der Waals surface area contributed by atoms with Gasteiger partial charge in [0.1, 0.15) is 0 Å². The van der Waals surface area contributed by atoms with Gasteiger partial charge in [0.05, 0.1) is 6.10 Å². The quantitative estimate of drug-likeness (QED) is 0.864. The molecule has 18 heavy (non-hydrogen) atoms. The van der Waals surface area contributed by atoms with E-state index in [2.05, 4.69) is 30.3 Å². The van der Waals surface area contributed by atoms with Gasteiger partial charge >= 0.3 is 0 Å². The summed E-state index contributed by atoms with van der Waals surface area (Å²) >= 11 is 0. The molecule has 0 saturated carbocycles. The second-order valence-electron chi connectivity index (χ2n) is 4.54. The minimum absolute atomic E-state index is 0.433. The largest absolute Gasteiger partial charge is 0.389 e. The Morgan fingerprint density at radius 3 is 2.39 bits per heavy atom. The van der Waals surface area contributed by atoms with E-state index in [9.17, 15) is 5.11 Å². The maximum atomic E-state index is 9.62. The van der Waals surface area contributed by atoms with Crippen LogP contribution in [0.25, 0.3) is 11.1 Å². The maximum absolute atomic E-state index is 9.62. The molecule has 0 radical (unpaired) electrons. The van der Waals surface area contributed by atoms with E-state index in [1.165, 1.54) is 11.1 Å². The molecule has 0 saturated heterocycles. The van der Waals surface area contributed by atoms with Crippen LogP contribution in [-0.4, -0.2) is 11.7 Å². The predicted molar refractivity (Wildman–Crippen MR) is 75.3 cm³/mol. The Kier molecular flexibility index (Phi) is 4.13. The van der Waals surface area contributed by atoms with E-state index in [1.807, 2.05) is 18.2 Å². The summed E-state index contributed by atoms with van der Waals surface area (Å²) in [5, 5.41) is 9.62. The molecule has 0 aliphatic carbocycles. The average molecular weight is 241 g/mol. The van der Waals surface area contributed by atoms with E-state index < -0.39 is 6.10 Å². The van der Waals surface area contributed by atoms with E-state index >= 15 is 0 Å². The van der Waals surface area contributed by atoms with Crippen LogP contribution in [0.15, 0.2) is 48.5 Å². The Morgan fingerprint density at radius 1 is 1.06 bits per heavy atom. The molecule has 2 aromatic carbocycles. The molecule has 2 heteroatoms. The lowest BCUT2D eigenvalue weighted by Gasteiger charge is -2.09. The number of nitrogens with two attached hydrogens (primary N) is 1. The van der Waals surface area contributed by atoms with Crippen molar-refractivity contribution in [2.75, 3.05) is 6.54 Å². The minimum atomic E-state index is -0.433. The molecular formula is C16H19NO. The van der Waals surface area contributed by atoms with Crippen molar-refractivity contribution in [3.05, 3.63) is 59.7 Å². The molecule has 2 nitrogen and oxygen atoms in total. The predicted octanol–water partition coefficient (Wildman–Crippen LogP) is 2.91. The summed E-state index contributed by atoms with van der Waals surface area (Å²) < 4.78 is 0. The normalized spacial score (nSPS) is 12.4. The molecule has 0 heterocycles. The van der Waals surface area contributed by atoms with Crippen LogP contribution in [0.2, 0.25) is 0 Å². The third kappa shape index (κ3) is 2.97. The van der Waals surface area contributed by atoms with Gasteiger partial charge in [-0.1, -0.05) is 42.5 Å². The van der Waals surface area contributed by atoms with Gasteiger partial charge in [-0.25, -0.2) is 0 Å². The summed E-state index contributed by atoms with van der Waals surface area (Å²) in [6.45, 7) is 2.45. The van der Waals surface area contributed by atoms with Crippen molar-refractivity contribution in [2.24, 2.45) is 5.73 Å². The minimum Gasteiger partial charge on any atom is -0.389 e. The van der Waals surface area contributed by atoms with E-state index in [1.54, 1.807) is 6.92 Å². The van der Waals surface area contributed by atoms with Crippen molar-refractivity contribution >= 4 is 0 Å². The van der Waals surface area contributed by atoms with Gasteiger partial charge < -0.3 is 10.8 Å². The van der Waals surface area contributed by atoms with Crippen molar-refractivity contribution in [3.63, 3.8) is 0 Å². The number of aliphatic hydroxyl groups is 1. The third-order valence-electron chi connectivity index (χ3n) is 3.06. The van der Waals surface area contributed by atoms with Crippen LogP contribution >= 0.6 is 0 Å². The standard InChI is InChI=1S/C16H19NO/c1-12(18)14-5-3-7-16(11-14)15-6-2-4-13(10-15)8-9-17/h2-7,10-12,18H,8-9,17H2,1H3/t12-/m0/s1. The molecule has 1 atom stereocenters. The van der Waals surface area contributed by atoms with Crippen LogP contribution < -0.4 is 5.73 Å². The van der Waals surface area contributed by atoms with Crippen LogP contribution in [0.4, 0.5) is 0 Å². The topological polar surface area (TPSA) is 46.2 Å². The molecule has 0 bridgehead atoms. The van der Waals surface area contributed by atoms with Gasteiger partial charge in [-0.15, -0.1) is 0 Å². The smallest absolute Gasteiger partial charge is 0.0762 e. The van der Waals surface area contributed by atoms with Gasteiger partial charge in [-0.3, -0.25) is 0 Å². The molecule has 2 aromatic rings. The lowest BCUT2D eigenvalue weighted by Crippen LogP contribution is -2.02.